The molecule has 5 nitrogen and oxygen atoms in total. The van der Waals surface area contributed by atoms with Crippen molar-refractivity contribution in [2.24, 2.45) is 4.99 Å². The number of carbonyl (C=O) groups excluding carboxylic acids is 1. The van der Waals surface area contributed by atoms with Gasteiger partial charge in [-0.2, -0.15) is 0 Å². The molecule has 0 unspecified atom stereocenters. The Labute approximate surface area is 206 Å². The van der Waals surface area contributed by atoms with Gasteiger partial charge >= 0.3 is 0 Å². The van der Waals surface area contributed by atoms with Crippen LogP contribution in [-0.4, -0.2) is 25.2 Å². The van der Waals surface area contributed by atoms with Crippen LogP contribution in [0, 0.1) is 6.92 Å². The number of aliphatic imine (C=N–C) groups is 1. The molecule has 0 fully saturated rings. The van der Waals surface area contributed by atoms with E-state index in [0.717, 1.165) is 33.6 Å². The summed E-state index contributed by atoms with van der Waals surface area (Å²) in [5, 5.41) is 7.22. The summed E-state index contributed by atoms with van der Waals surface area (Å²) in [4.78, 5) is 20.4. The van der Waals surface area contributed by atoms with Gasteiger partial charge in [0.05, 0.1) is 5.57 Å². The lowest BCUT2D eigenvalue weighted by Crippen LogP contribution is -2.32. The second-order valence-corrected chi connectivity index (χ2v) is 9.55. The molecule has 6 heteroatoms. The molecule has 4 rings (SSSR count). The standard InChI is InChI=1S/C28H30N4OS/c1-19-9-8-10-21(17-19)18-34-28-29-20(2)25(27(33)30-23-11-6-5-7-12-23)26(31-28)22-13-15-24(16-14-22)32(3)4/h5-17,26H,18H2,1-4H3,(H,29,31)(H,30,33)/t26-/m0/s1. The van der Waals surface area contributed by atoms with Crippen LogP contribution in [0.25, 0.3) is 0 Å². The fourth-order valence-corrected chi connectivity index (χ4v) is 4.77. The second-order valence-electron chi connectivity index (χ2n) is 8.58. The molecule has 0 radical (unpaired) electrons. The number of carbonyl (C=O) groups is 1. The largest absolute Gasteiger partial charge is 0.378 e. The van der Waals surface area contributed by atoms with Crippen LogP contribution in [0.5, 0.6) is 0 Å². The van der Waals surface area contributed by atoms with E-state index < -0.39 is 0 Å². The Morgan fingerprint density at radius 2 is 1.74 bits per heavy atom. The van der Waals surface area contributed by atoms with Crippen molar-refractivity contribution in [3.05, 3.63) is 107 Å². The van der Waals surface area contributed by atoms with Crippen LogP contribution in [-0.2, 0) is 10.5 Å². The summed E-state index contributed by atoms with van der Waals surface area (Å²) < 4.78 is 0. The first-order chi connectivity index (χ1) is 16.4. The normalized spacial score (nSPS) is 15.4. The van der Waals surface area contributed by atoms with Gasteiger partial charge in [0.2, 0.25) is 0 Å². The van der Waals surface area contributed by atoms with Crippen molar-refractivity contribution in [3.63, 3.8) is 0 Å². The van der Waals surface area contributed by atoms with Crippen LogP contribution in [0.15, 0.2) is 95.1 Å². The zero-order valence-electron chi connectivity index (χ0n) is 20.0. The number of hydrogen-bond donors (Lipinski definition) is 2. The molecule has 0 spiro atoms. The van der Waals surface area contributed by atoms with E-state index >= 15 is 0 Å². The van der Waals surface area contributed by atoms with E-state index in [4.69, 9.17) is 4.99 Å². The third-order valence-corrected chi connectivity index (χ3v) is 6.64. The number of benzene rings is 3. The van der Waals surface area contributed by atoms with Crippen LogP contribution >= 0.6 is 11.8 Å². The maximum Gasteiger partial charge on any atom is 0.255 e. The average molecular weight is 471 g/mol. The molecule has 0 aliphatic carbocycles. The fourth-order valence-electron chi connectivity index (χ4n) is 3.88. The first kappa shape index (κ1) is 23.6. The van der Waals surface area contributed by atoms with Crippen LogP contribution in [0.2, 0.25) is 0 Å². The van der Waals surface area contributed by atoms with Crippen molar-refractivity contribution in [2.45, 2.75) is 25.6 Å². The van der Waals surface area contributed by atoms with E-state index in [-0.39, 0.29) is 11.9 Å². The topological polar surface area (TPSA) is 56.7 Å². The molecular formula is C28H30N4OS. The minimum Gasteiger partial charge on any atom is -0.378 e. The summed E-state index contributed by atoms with van der Waals surface area (Å²) in [6, 6.07) is 25.9. The lowest BCUT2D eigenvalue weighted by Gasteiger charge is -2.27. The molecule has 34 heavy (non-hydrogen) atoms. The van der Waals surface area contributed by atoms with Crippen molar-refractivity contribution < 1.29 is 4.79 Å². The third-order valence-electron chi connectivity index (χ3n) is 5.68. The SMILES string of the molecule is CC1=C(C(=O)Nc2ccccc2)[C@H](c2ccc(N(C)C)cc2)N=C(SCc2cccc(C)c2)N1. The highest BCUT2D eigenvalue weighted by Gasteiger charge is 2.29. The Balaban J connectivity index is 1.62. The average Bonchev–Trinajstić information content (AvgIpc) is 2.83. The molecule has 1 aliphatic rings. The Bertz CT molecular complexity index is 1220. The lowest BCUT2D eigenvalue weighted by molar-refractivity contribution is -0.113. The van der Waals surface area contributed by atoms with Gasteiger partial charge in [-0.25, -0.2) is 4.99 Å². The molecule has 0 saturated carbocycles. The van der Waals surface area contributed by atoms with E-state index in [9.17, 15) is 4.79 Å². The molecule has 0 bridgehead atoms. The van der Waals surface area contributed by atoms with E-state index in [1.165, 1.54) is 11.1 Å². The summed E-state index contributed by atoms with van der Waals surface area (Å²) >= 11 is 1.65. The Hall–Kier alpha value is -3.51. The van der Waals surface area contributed by atoms with Gasteiger partial charge in [-0.15, -0.1) is 0 Å². The predicted octanol–water partition coefficient (Wildman–Crippen LogP) is 5.91. The maximum atomic E-state index is 13.4. The molecule has 3 aromatic carbocycles. The zero-order chi connectivity index (χ0) is 24.1. The van der Waals surface area contributed by atoms with Gasteiger partial charge in [0.1, 0.15) is 6.04 Å². The number of nitrogens with zero attached hydrogens (tertiary/aromatic N) is 2. The number of amidine groups is 1. The minimum atomic E-state index is -0.388. The van der Waals surface area contributed by atoms with Crippen molar-refractivity contribution >= 4 is 34.2 Å². The minimum absolute atomic E-state index is 0.149. The van der Waals surface area contributed by atoms with Gasteiger partial charge in [0, 0.05) is 36.9 Å². The molecule has 1 aliphatic heterocycles. The van der Waals surface area contributed by atoms with Crippen molar-refractivity contribution in [1.82, 2.24) is 5.32 Å². The number of aryl methyl sites for hydroxylation is 1. The molecule has 1 amide bonds. The van der Waals surface area contributed by atoms with Gasteiger partial charge in [-0.3, -0.25) is 4.79 Å². The van der Waals surface area contributed by atoms with E-state index in [1.807, 2.05) is 51.4 Å². The summed E-state index contributed by atoms with van der Waals surface area (Å²) in [5.74, 6) is 0.655. The molecular weight excluding hydrogens is 440 g/mol. The molecule has 0 saturated heterocycles. The Kier molecular flexibility index (Phi) is 7.38. The van der Waals surface area contributed by atoms with Gasteiger partial charge in [-0.1, -0.05) is 71.9 Å². The smallest absolute Gasteiger partial charge is 0.255 e. The summed E-state index contributed by atoms with van der Waals surface area (Å²) in [5.41, 5.74) is 6.78. The van der Waals surface area contributed by atoms with Crippen molar-refractivity contribution in [3.8, 4) is 0 Å². The van der Waals surface area contributed by atoms with Crippen LogP contribution in [0.3, 0.4) is 0 Å². The number of amides is 1. The monoisotopic (exact) mass is 470 g/mol. The van der Waals surface area contributed by atoms with Crippen molar-refractivity contribution in [1.29, 1.82) is 0 Å². The summed E-state index contributed by atoms with van der Waals surface area (Å²) in [6.07, 6.45) is 0. The number of nitrogens with one attached hydrogen (secondary N) is 2. The fraction of sp³-hybridized carbons (Fsp3) is 0.214. The lowest BCUT2D eigenvalue weighted by atomic mass is 9.95. The van der Waals surface area contributed by atoms with Gasteiger partial charge in [0.15, 0.2) is 5.17 Å². The highest BCUT2D eigenvalue weighted by molar-refractivity contribution is 8.13. The zero-order valence-corrected chi connectivity index (χ0v) is 20.8. The molecule has 0 aromatic heterocycles. The molecule has 3 aromatic rings. The van der Waals surface area contributed by atoms with Crippen LogP contribution < -0.4 is 15.5 Å². The first-order valence-electron chi connectivity index (χ1n) is 11.3. The molecule has 1 heterocycles. The van der Waals surface area contributed by atoms with Crippen LogP contribution in [0.1, 0.15) is 29.7 Å². The summed E-state index contributed by atoms with van der Waals surface area (Å²) in [6.45, 7) is 4.05. The Morgan fingerprint density at radius 3 is 2.41 bits per heavy atom. The number of hydrogen-bond acceptors (Lipinski definition) is 5. The highest BCUT2D eigenvalue weighted by atomic mass is 32.2. The summed E-state index contributed by atoms with van der Waals surface area (Å²) in [7, 11) is 4.03. The third kappa shape index (κ3) is 5.69. The number of anilines is 2. The molecule has 1 atom stereocenters. The maximum absolute atomic E-state index is 13.4. The highest BCUT2D eigenvalue weighted by Crippen LogP contribution is 2.34. The second kappa shape index (κ2) is 10.6. The Morgan fingerprint density at radius 1 is 1.00 bits per heavy atom. The number of para-hydroxylation sites is 1. The molecule has 2 N–H and O–H groups in total. The first-order valence-corrected chi connectivity index (χ1v) is 12.3. The van der Waals surface area contributed by atoms with E-state index in [0.29, 0.717) is 5.57 Å². The molecule has 174 valence electrons. The van der Waals surface area contributed by atoms with E-state index in [2.05, 4.69) is 71.0 Å². The number of thioether (sulfide) groups is 1. The predicted molar refractivity (Wildman–Crippen MR) is 144 cm³/mol. The van der Waals surface area contributed by atoms with Crippen LogP contribution in [0.4, 0.5) is 11.4 Å². The van der Waals surface area contributed by atoms with Gasteiger partial charge in [0.25, 0.3) is 5.91 Å². The van der Waals surface area contributed by atoms with Gasteiger partial charge < -0.3 is 15.5 Å². The van der Waals surface area contributed by atoms with Gasteiger partial charge in [-0.05, 0) is 49.2 Å². The van der Waals surface area contributed by atoms with Crippen molar-refractivity contribution in [2.75, 3.05) is 24.3 Å². The quantitative estimate of drug-likeness (QED) is 0.470. The number of rotatable bonds is 6. The van der Waals surface area contributed by atoms with E-state index in [1.54, 1.807) is 11.8 Å². The number of allylic oxidation sites excluding steroid dienone is 1.